The fourth-order valence-electron chi connectivity index (χ4n) is 3.43. The van der Waals surface area contributed by atoms with E-state index in [0.717, 1.165) is 39.1 Å². The first-order chi connectivity index (χ1) is 8.88. The van der Waals surface area contributed by atoms with E-state index in [-0.39, 0.29) is 5.79 Å². The number of hydrogen-bond donors (Lipinski definition) is 0. The van der Waals surface area contributed by atoms with Crippen molar-refractivity contribution in [3.8, 4) is 0 Å². The minimum absolute atomic E-state index is 0.220. The summed E-state index contributed by atoms with van der Waals surface area (Å²) in [7, 11) is 0. The molecule has 3 heteroatoms. The standard InChI is InChI=1S/C15H25NO2/c1-2-4-6-14(7-5-3-1)16-10-8-15(9-11-16)17-12-13-18-15/h4,6,14H,1-3,5,7-13H2/b6-4-. The molecule has 1 unspecified atom stereocenters. The predicted molar refractivity (Wildman–Crippen MR) is 71.5 cm³/mol. The Morgan fingerprint density at radius 1 is 1.00 bits per heavy atom. The number of allylic oxidation sites excluding steroid dienone is 1. The highest BCUT2D eigenvalue weighted by molar-refractivity contribution is 4.98. The van der Waals surface area contributed by atoms with Gasteiger partial charge in [-0.05, 0) is 19.3 Å². The van der Waals surface area contributed by atoms with Crippen LogP contribution < -0.4 is 0 Å². The topological polar surface area (TPSA) is 21.7 Å². The fourth-order valence-corrected chi connectivity index (χ4v) is 3.43. The lowest BCUT2D eigenvalue weighted by molar-refractivity contribution is -0.187. The van der Waals surface area contributed by atoms with Crippen molar-refractivity contribution < 1.29 is 9.47 Å². The quantitative estimate of drug-likeness (QED) is 0.669. The van der Waals surface area contributed by atoms with Crippen LogP contribution in [0.4, 0.5) is 0 Å². The maximum absolute atomic E-state index is 5.79. The van der Waals surface area contributed by atoms with Gasteiger partial charge in [0.2, 0.25) is 0 Å². The first-order valence-electron chi connectivity index (χ1n) is 7.57. The van der Waals surface area contributed by atoms with Crippen molar-refractivity contribution in [2.24, 2.45) is 0 Å². The molecule has 3 aliphatic rings. The van der Waals surface area contributed by atoms with E-state index in [4.69, 9.17) is 9.47 Å². The maximum Gasteiger partial charge on any atom is 0.170 e. The number of hydrogen-bond acceptors (Lipinski definition) is 3. The first kappa shape index (κ1) is 12.6. The summed E-state index contributed by atoms with van der Waals surface area (Å²) >= 11 is 0. The Labute approximate surface area is 110 Å². The highest BCUT2D eigenvalue weighted by atomic mass is 16.7. The summed E-state index contributed by atoms with van der Waals surface area (Å²) in [4.78, 5) is 2.62. The van der Waals surface area contributed by atoms with Crippen molar-refractivity contribution >= 4 is 0 Å². The van der Waals surface area contributed by atoms with Crippen LogP contribution in [0.1, 0.15) is 44.9 Å². The minimum atomic E-state index is -0.220. The van der Waals surface area contributed by atoms with E-state index < -0.39 is 0 Å². The molecule has 2 fully saturated rings. The number of likely N-dealkylation sites (tertiary alicyclic amines) is 1. The lowest BCUT2D eigenvalue weighted by atomic mass is 9.97. The van der Waals surface area contributed by atoms with Gasteiger partial charge in [-0.2, -0.15) is 0 Å². The third-order valence-electron chi connectivity index (χ3n) is 4.57. The molecule has 0 aromatic carbocycles. The van der Waals surface area contributed by atoms with Crippen LogP contribution in [0, 0.1) is 0 Å². The summed E-state index contributed by atoms with van der Waals surface area (Å²) in [6.45, 7) is 3.80. The Hall–Kier alpha value is -0.380. The van der Waals surface area contributed by atoms with Crippen molar-refractivity contribution in [1.82, 2.24) is 4.90 Å². The van der Waals surface area contributed by atoms with Crippen molar-refractivity contribution in [2.45, 2.75) is 56.8 Å². The second-order valence-electron chi connectivity index (χ2n) is 5.78. The molecular weight excluding hydrogens is 226 g/mol. The molecule has 0 N–H and O–H groups in total. The summed E-state index contributed by atoms with van der Waals surface area (Å²) in [5.74, 6) is -0.220. The molecule has 0 amide bonds. The van der Waals surface area contributed by atoms with Gasteiger partial charge >= 0.3 is 0 Å². The molecule has 2 aliphatic heterocycles. The molecule has 18 heavy (non-hydrogen) atoms. The van der Waals surface area contributed by atoms with Crippen molar-refractivity contribution in [2.75, 3.05) is 26.3 Å². The van der Waals surface area contributed by atoms with Crippen LogP contribution >= 0.6 is 0 Å². The second-order valence-corrected chi connectivity index (χ2v) is 5.78. The van der Waals surface area contributed by atoms with Crippen LogP contribution in [0.3, 0.4) is 0 Å². The Kier molecular flexibility index (Phi) is 4.02. The first-order valence-corrected chi connectivity index (χ1v) is 7.57. The summed E-state index contributed by atoms with van der Waals surface area (Å²) in [6, 6.07) is 0.657. The zero-order valence-electron chi connectivity index (χ0n) is 11.3. The van der Waals surface area contributed by atoms with Crippen LogP contribution in [0.2, 0.25) is 0 Å². The maximum atomic E-state index is 5.79. The predicted octanol–water partition coefficient (Wildman–Crippen LogP) is 2.71. The van der Waals surface area contributed by atoms with E-state index in [1.807, 2.05) is 0 Å². The monoisotopic (exact) mass is 251 g/mol. The molecule has 3 rings (SSSR count). The van der Waals surface area contributed by atoms with Crippen LogP contribution in [0.25, 0.3) is 0 Å². The summed E-state index contributed by atoms with van der Waals surface area (Å²) in [5.41, 5.74) is 0. The molecule has 2 saturated heterocycles. The third-order valence-corrected chi connectivity index (χ3v) is 4.57. The van der Waals surface area contributed by atoms with Crippen molar-refractivity contribution in [1.29, 1.82) is 0 Å². The van der Waals surface area contributed by atoms with E-state index in [1.165, 1.54) is 32.1 Å². The Bertz CT molecular complexity index is 287. The smallest absolute Gasteiger partial charge is 0.170 e. The van der Waals surface area contributed by atoms with Crippen molar-refractivity contribution in [3.05, 3.63) is 12.2 Å². The summed E-state index contributed by atoms with van der Waals surface area (Å²) < 4.78 is 11.6. The molecule has 0 radical (unpaired) electrons. The lowest BCUT2D eigenvalue weighted by Crippen LogP contribution is -2.48. The van der Waals surface area contributed by atoms with E-state index in [1.54, 1.807) is 0 Å². The SMILES string of the molecule is C1=C\C(N2CCC3(CC2)OCCO3)CCCCC/1. The molecule has 0 saturated carbocycles. The minimum Gasteiger partial charge on any atom is -0.347 e. The molecule has 1 spiro atoms. The van der Waals surface area contributed by atoms with Gasteiger partial charge in [-0.3, -0.25) is 4.90 Å². The molecule has 3 nitrogen and oxygen atoms in total. The van der Waals surface area contributed by atoms with E-state index in [2.05, 4.69) is 17.1 Å². The van der Waals surface area contributed by atoms with E-state index >= 15 is 0 Å². The van der Waals surface area contributed by atoms with Crippen LogP contribution in [-0.4, -0.2) is 43.0 Å². The van der Waals surface area contributed by atoms with Gasteiger partial charge in [0.15, 0.2) is 5.79 Å². The van der Waals surface area contributed by atoms with Gasteiger partial charge in [0.1, 0.15) is 0 Å². The number of piperidine rings is 1. The normalized spacial score (nSPS) is 35.2. The lowest BCUT2D eigenvalue weighted by Gasteiger charge is -2.40. The molecule has 1 atom stereocenters. The second kappa shape index (κ2) is 5.72. The largest absolute Gasteiger partial charge is 0.347 e. The molecular formula is C15H25NO2. The number of nitrogens with zero attached hydrogens (tertiary/aromatic N) is 1. The van der Waals surface area contributed by atoms with Gasteiger partial charge in [0, 0.05) is 32.0 Å². The Morgan fingerprint density at radius 3 is 2.56 bits per heavy atom. The van der Waals surface area contributed by atoms with E-state index in [0.29, 0.717) is 6.04 Å². The van der Waals surface area contributed by atoms with Crippen molar-refractivity contribution in [3.63, 3.8) is 0 Å². The molecule has 0 aromatic rings. The average Bonchev–Trinajstić information content (AvgIpc) is 2.79. The number of rotatable bonds is 1. The summed E-state index contributed by atoms with van der Waals surface area (Å²) in [5, 5.41) is 0. The van der Waals surface area contributed by atoms with Gasteiger partial charge in [-0.25, -0.2) is 0 Å². The zero-order valence-corrected chi connectivity index (χ0v) is 11.3. The molecule has 0 aromatic heterocycles. The summed E-state index contributed by atoms with van der Waals surface area (Å²) in [6.07, 6.45) is 13.6. The Morgan fingerprint density at radius 2 is 1.78 bits per heavy atom. The molecule has 2 heterocycles. The van der Waals surface area contributed by atoms with Crippen LogP contribution in [0.5, 0.6) is 0 Å². The van der Waals surface area contributed by atoms with Gasteiger partial charge in [-0.15, -0.1) is 0 Å². The molecule has 1 aliphatic carbocycles. The van der Waals surface area contributed by atoms with Crippen LogP contribution in [-0.2, 0) is 9.47 Å². The third kappa shape index (κ3) is 2.79. The fraction of sp³-hybridized carbons (Fsp3) is 0.867. The highest BCUT2D eigenvalue weighted by Crippen LogP contribution is 2.32. The van der Waals surface area contributed by atoms with Gasteiger partial charge < -0.3 is 9.47 Å². The van der Waals surface area contributed by atoms with Gasteiger partial charge in [-0.1, -0.05) is 25.0 Å². The van der Waals surface area contributed by atoms with Crippen LogP contribution in [0.15, 0.2) is 12.2 Å². The van der Waals surface area contributed by atoms with E-state index in [9.17, 15) is 0 Å². The van der Waals surface area contributed by atoms with Gasteiger partial charge in [0.25, 0.3) is 0 Å². The highest BCUT2D eigenvalue weighted by Gasteiger charge is 2.40. The zero-order chi connectivity index (χ0) is 12.3. The molecule has 0 bridgehead atoms. The number of ether oxygens (including phenoxy) is 2. The average molecular weight is 251 g/mol. The molecule has 102 valence electrons. The Balaban J connectivity index is 1.56. The van der Waals surface area contributed by atoms with Gasteiger partial charge in [0.05, 0.1) is 13.2 Å².